The number of thioether (sulfide) groups is 1. The number of hydrogen-bond donors (Lipinski definition) is 0. The number of nitrogens with zero attached hydrogens (tertiary/aromatic N) is 1. The molecule has 8 heteroatoms. The van der Waals surface area contributed by atoms with E-state index in [0.29, 0.717) is 32.4 Å². The summed E-state index contributed by atoms with van der Waals surface area (Å²) in [4.78, 5) is 14.3. The first-order chi connectivity index (χ1) is 12.9. The molecule has 0 aliphatic carbocycles. The van der Waals surface area contributed by atoms with Crippen LogP contribution in [0, 0.1) is 3.57 Å². The van der Waals surface area contributed by atoms with E-state index in [2.05, 4.69) is 22.6 Å². The largest absolute Gasteiger partial charge is 0.493 e. The van der Waals surface area contributed by atoms with Crippen LogP contribution in [0.1, 0.15) is 11.1 Å². The van der Waals surface area contributed by atoms with Crippen molar-refractivity contribution >= 4 is 74.5 Å². The van der Waals surface area contributed by atoms with Gasteiger partial charge in [-0.05, 0) is 52.4 Å². The van der Waals surface area contributed by atoms with Crippen LogP contribution in [0.25, 0.3) is 6.08 Å². The predicted octanol–water partition coefficient (Wildman–Crippen LogP) is 5.36. The number of ether oxygens (including phenoxy) is 2. The van der Waals surface area contributed by atoms with Gasteiger partial charge in [0.05, 0.1) is 15.6 Å². The van der Waals surface area contributed by atoms with Crippen LogP contribution in [-0.2, 0) is 11.4 Å². The number of benzene rings is 2. The van der Waals surface area contributed by atoms with Crippen molar-refractivity contribution in [3.8, 4) is 11.5 Å². The number of carbonyl (C=O) groups is 1. The second-order valence-electron chi connectivity index (χ2n) is 5.65. The standard InChI is InChI=1S/C19H15ClINO3S2/c1-22-18(23)16(27-19(22)26)9-11-7-14(21)17(15(8-11)24-2)25-10-12-5-3-4-6-13(12)20/h3-9H,10H2,1-2H3/b16-9-. The molecule has 2 aromatic rings. The first-order valence-corrected chi connectivity index (χ1v) is 10.5. The van der Waals surface area contributed by atoms with Gasteiger partial charge in [0.2, 0.25) is 0 Å². The average molecular weight is 532 g/mol. The Hall–Kier alpha value is -1.29. The van der Waals surface area contributed by atoms with Gasteiger partial charge in [-0.25, -0.2) is 0 Å². The summed E-state index contributed by atoms with van der Waals surface area (Å²) in [7, 11) is 3.26. The zero-order valence-corrected chi connectivity index (χ0v) is 19.0. The average Bonchev–Trinajstić information content (AvgIpc) is 2.88. The molecule has 4 nitrogen and oxygen atoms in total. The highest BCUT2D eigenvalue weighted by molar-refractivity contribution is 14.1. The van der Waals surface area contributed by atoms with Crippen LogP contribution >= 0.6 is 58.2 Å². The Labute approximate surface area is 186 Å². The van der Waals surface area contributed by atoms with E-state index >= 15 is 0 Å². The smallest absolute Gasteiger partial charge is 0.265 e. The van der Waals surface area contributed by atoms with E-state index in [-0.39, 0.29) is 5.91 Å². The molecule has 1 fully saturated rings. The fourth-order valence-electron chi connectivity index (χ4n) is 2.43. The van der Waals surface area contributed by atoms with Crippen LogP contribution in [0.3, 0.4) is 0 Å². The highest BCUT2D eigenvalue weighted by atomic mass is 127. The topological polar surface area (TPSA) is 38.8 Å². The minimum absolute atomic E-state index is 0.0991. The summed E-state index contributed by atoms with van der Waals surface area (Å²) in [5.74, 6) is 1.13. The maximum Gasteiger partial charge on any atom is 0.265 e. The van der Waals surface area contributed by atoms with Crippen LogP contribution in [0.5, 0.6) is 11.5 Å². The fourth-order valence-corrected chi connectivity index (χ4v) is 4.58. The highest BCUT2D eigenvalue weighted by Gasteiger charge is 2.28. The van der Waals surface area contributed by atoms with E-state index in [1.165, 1.54) is 16.7 Å². The third-order valence-corrected chi connectivity index (χ3v) is 6.52. The van der Waals surface area contributed by atoms with Crippen LogP contribution in [0.2, 0.25) is 5.02 Å². The summed E-state index contributed by atoms with van der Waals surface area (Å²) in [6.07, 6.45) is 1.81. The first-order valence-electron chi connectivity index (χ1n) is 7.86. The van der Waals surface area contributed by atoms with Crippen LogP contribution in [-0.4, -0.2) is 29.3 Å². The van der Waals surface area contributed by atoms with Gasteiger partial charge in [0.15, 0.2) is 11.5 Å². The Morgan fingerprint density at radius 3 is 2.70 bits per heavy atom. The number of amides is 1. The molecule has 1 amide bonds. The molecular weight excluding hydrogens is 517 g/mol. The first kappa shape index (κ1) is 20.4. The van der Waals surface area contributed by atoms with E-state index in [1.54, 1.807) is 14.2 Å². The SMILES string of the molecule is COc1cc(/C=C2\SC(=S)N(C)C2=O)cc(I)c1OCc1ccccc1Cl. The maximum atomic E-state index is 12.2. The van der Waals surface area contributed by atoms with Crippen molar-refractivity contribution in [2.24, 2.45) is 0 Å². The number of thiocarbonyl (C=S) groups is 1. The van der Waals surface area contributed by atoms with E-state index in [4.69, 9.17) is 33.3 Å². The normalized spacial score (nSPS) is 15.6. The zero-order valence-electron chi connectivity index (χ0n) is 14.5. The van der Waals surface area contributed by atoms with E-state index in [9.17, 15) is 4.79 Å². The molecule has 0 spiro atoms. The fraction of sp³-hybridized carbons (Fsp3) is 0.158. The molecule has 1 aliphatic rings. The number of methoxy groups -OCH3 is 1. The molecule has 0 radical (unpaired) electrons. The molecule has 0 atom stereocenters. The summed E-state index contributed by atoms with van der Waals surface area (Å²) in [5.41, 5.74) is 1.74. The monoisotopic (exact) mass is 531 g/mol. The third-order valence-electron chi connectivity index (χ3n) is 3.87. The lowest BCUT2D eigenvalue weighted by Gasteiger charge is -2.14. The number of halogens is 2. The summed E-state index contributed by atoms with van der Waals surface area (Å²) in [5, 5.41) is 0.657. The Morgan fingerprint density at radius 1 is 1.33 bits per heavy atom. The van der Waals surface area contributed by atoms with Gasteiger partial charge < -0.3 is 9.47 Å². The molecule has 1 heterocycles. The Balaban J connectivity index is 1.87. The molecule has 0 saturated carbocycles. The van der Waals surface area contributed by atoms with Gasteiger partial charge >= 0.3 is 0 Å². The Morgan fingerprint density at radius 2 is 2.07 bits per heavy atom. The number of rotatable bonds is 5. The molecule has 2 aromatic carbocycles. The molecule has 1 aliphatic heterocycles. The molecule has 27 heavy (non-hydrogen) atoms. The lowest BCUT2D eigenvalue weighted by molar-refractivity contribution is -0.121. The van der Waals surface area contributed by atoms with Crippen LogP contribution in [0.15, 0.2) is 41.3 Å². The van der Waals surface area contributed by atoms with Crippen molar-refractivity contribution < 1.29 is 14.3 Å². The van der Waals surface area contributed by atoms with E-state index < -0.39 is 0 Å². The molecule has 3 rings (SSSR count). The van der Waals surface area contributed by atoms with Crippen molar-refractivity contribution in [2.45, 2.75) is 6.61 Å². The quantitative estimate of drug-likeness (QED) is 0.295. The van der Waals surface area contributed by atoms with E-state index in [1.807, 2.05) is 42.5 Å². The summed E-state index contributed by atoms with van der Waals surface area (Å²) in [6.45, 7) is 0.333. The van der Waals surface area contributed by atoms with Crippen molar-refractivity contribution in [1.29, 1.82) is 0 Å². The van der Waals surface area contributed by atoms with Crippen LogP contribution < -0.4 is 9.47 Å². The van der Waals surface area contributed by atoms with Gasteiger partial charge in [-0.15, -0.1) is 0 Å². The second kappa shape index (κ2) is 8.81. The molecule has 140 valence electrons. The molecule has 0 N–H and O–H groups in total. The number of likely N-dealkylation sites (N-methyl/N-ethyl adjacent to an activating group) is 1. The Bertz CT molecular complexity index is 949. The van der Waals surface area contributed by atoms with Gasteiger partial charge in [-0.3, -0.25) is 9.69 Å². The third kappa shape index (κ3) is 4.59. The maximum absolute atomic E-state index is 12.2. The minimum atomic E-state index is -0.0991. The molecule has 0 bridgehead atoms. The minimum Gasteiger partial charge on any atom is -0.493 e. The summed E-state index contributed by atoms with van der Waals surface area (Å²) in [6, 6.07) is 11.3. The van der Waals surface area contributed by atoms with Gasteiger partial charge in [0.25, 0.3) is 5.91 Å². The summed E-state index contributed by atoms with van der Waals surface area (Å²) >= 11 is 14.8. The van der Waals surface area contributed by atoms with Crippen molar-refractivity contribution in [3.05, 3.63) is 61.0 Å². The lowest BCUT2D eigenvalue weighted by Crippen LogP contribution is -2.22. The van der Waals surface area contributed by atoms with Crippen molar-refractivity contribution in [3.63, 3.8) is 0 Å². The molecule has 0 aromatic heterocycles. The van der Waals surface area contributed by atoms with Crippen LogP contribution in [0.4, 0.5) is 0 Å². The van der Waals surface area contributed by atoms with Gasteiger partial charge in [-0.2, -0.15) is 0 Å². The molecular formula is C19H15ClINO3S2. The predicted molar refractivity (Wildman–Crippen MR) is 122 cm³/mol. The number of carbonyl (C=O) groups excluding carboxylic acids is 1. The Kier molecular flexibility index (Phi) is 6.67. The summed E-state index contributed by atoms with van der Waals surface area (Å²) < 4.78 is 12.9. The van der Waals surface area contributed by atoms with Gasteiger partial charge in [-0.1, -0.05) is 53.8 Å². The van der Waals surface area contributed by atoms with Gasteiger partial charge in [0, 0.05) is 17.6 Å². The van der Waals surface area contributed by atoms with Crippen molar-refractivity contribution in [2.75, 3.05) is 14.2 Å². The molecule has 1 saturated heterocycles. The second-order valence-corrected chi connectivity index (χ2v) is 8.90. The molecule has 0 unspecified atom stereocenters. The lowest BCUT2D eigenvalue weighted by atomic mass is 10.1. The highest BCUT2D eigenvalue weighted by Crippen LogP contribution is 2.37. The van der Waals surface area contributed by atoms with Crippen molar-refractivity contribution in [1.82, 2.24) is 4.90 Å². The van der Waals surface area contributed by atoms with E-state index in [0.717, 1.165) is 14.7 Å². The van der Waals surface area contributed by atoms with Gasteiger partial charge in [0.1, 0.15) is 10.9 Å². The number of hydrogen-bond acceptors (Lipinski definition) is 5. The zero-order chi connectivity index (χ0) is 19.6.